The number of carbonyl (C=O) groups is 2. The van der Waals surface area contributed by atoms with Crippen LogP contribution in [0.5, 0.6) is 0 Å². The average molecular weight is 543 g/mol. The number of esters is 2. The number of nitrogens with zero attached hydrogens (tertiary/aromatic N) is 4. The van der Waals surface area contributed by atoms with Crippen molar-refractivity contribution in [3.63, 3.8) is 0 Å². The molecule has 210 valence electrons. The minimum atomic E-state index is -0.750. The maximum Gasteiger partial charge on any atom is 0.349 e. The lowest BCUT2D eigenvalue weighted by atomic mass is 10.1. The predicted molar refractivity (Wildman–Crippen MR) is 158 cm³/mol. The molecule has 0 spiro atoms. The Morgan fingerprint density at radius 3 is 1.52 bits per heavy atom. The van der Waals surface area contributed by atoms with Crippen molar-refractivity contribution in [2.24, 2.45) is 0 Å². The summed E-state index contributed by atoms with van der Waals surface area (Å²) in [4.78, 5) is 29.4. The lowest BCUT2D eigenvalue weighted by molar-refractivity contribution is -0.145. The van der Waals surface area contributed by atoms with Crippen molar-refractivity contribution >= 4 is 35.5 Å². The van der Waals surface area contributed by atoms with Crippen molar-refractivity contribution in [1.29, 1.82) is 10.5 Å². The van der Waals surface area contributed by atoms with Crippen LogP contribution in [0.15, 0.2) is 59.7 Å². The second kappa shape index (κ2) is 16.4. The minimum Gasteiger partial charge on any atom is -0.461 e. The number of rotatable bonds is 14. The normalized spacial score (nSPS) is 12.1. The number of benzene rings is 2. The van der Waals surface area contributed by atoms with Gasteiger partial charge in [-0.1, -0.05) is 24.3 Å². The van der Waals surface area contributed by atoms with Gasteiger partial charge in [-0.05, 0) is 82.2 Å². The number of carbonyl (C=O) groups excluding carboxylic acids is 2. The Bertz CT molecular complexity index is 1260. The summed E-state index contributed by atoms with van der Waals surface area (Å²) < 4.78 is 10.6. The van der Waals surface area contributed by atoms with E-state index in [1.807, 2.05) is 60.7 Å². The highest BCUT2D eigenvalue weighted by atomic mass is 16.6. The molecule has 2 aromatic rings. The Kier molecular flexibility index (Phi) is 13.0. The van der Waals surface area contributed by atoms with E-state index in [2.05, 4.69) is 37.5 Å². The van der Waals surface area contributed by atoms with E-state index in [1.165, 1.54) is 12.2 Å². The highest BCUT2D eigenvalue weighted by Crippen LogP contribution is 2.19. The first-order valence-corrected chi connectivity index (χ1v) is 13.6. The first-order chi connectivity index (χ1) is 19.3. The SMILES string of the molecule is CCN(CC)c1ccc(C=C(C#N)C(=O)OCCC(C)OC(=O)C(C#N)=Cc2ccc(N(CC)CC)cc2)cc1. The first-order valence-electron chi connectivity index (χ1n) is 13.6. The standard InChI is InChI=1S/C32H38N4O4/c1-6-35(7-2)29-14-10-25(11-15-29)20-27(22-33)31(37)39-19-18-24(5)40-32(38)28(23-34)21-26-12-16-30(17-13-26)36(8-3)9-4/h10-17,20-21,24H,6-9,18-19H2,1-5H3. The first kappa shape index (κ1) is 31.7. The lowest BCUT2D eigenvalue weighted by Gasteiger charge is -2.20. The summed E-state index contributed by atoms with van der Waals surface area (Å²) in [7, 11) is 0. The molecule has 0 bridgehead atoms. The zero-order chi connectivity index (χ0) is 29.5. The second-order valence-corrected chi connectivity index (χ2v) is 9.01. The minimum absolute atomic E-state index is 0.0500. The van der Waals surface area contributed by atoms with Gasteiger partial charge in [-0.15, -0.1) is 0 Å². The molecule has 1 unspecified atom stereocenters. The van der Waals surface area contributed by atoms with Gasteiger partial charge >= 0.3 is 11.9 Å². The van der Waals surface area contributed by atoms with Crippen LogP contribution < -0.4 is 9.80 Å². The summed E-state index contributed by atoms with van der Waals surface area (Å²) in [5, 5.41) is 18.9. The smallest absolute Gasteiger partial charge is 0.349 e. The third-order valence-electron chi connectivity index (χ3n) is 6.41. The molecule has 40 heavy (non-hydrogen) atoms. The topological polar surface area (TPSA) is 107 Å². The van der Waals surface area contributed by atoms with Crippen LogP contribution in [0, 0.1) is 22.7 Å². The van der Waals surface area contributed by atoms with Crippen molar-refractivity contribution < 1.29 is 19.1 Å². The summed E-state index contributed by atoms with van der Waals surface area (Å²) in [6, 6.07) is 19.0. The highest BCUT2D eigenvalue weighted by Gasteiger charge is 2.17. The highest BCUT2D eigenvalue weighted by molar-refractivity contribution is 5.98. The van der Waals surface area contributed by atoms with E-state index in [4.69, 9.17) is 9.47 Å². The largest absolute Gasteiger partial charge is 0.461 e. The Balaban J connectivity index is 1.91. The Hall–Kier alpha value is -4.56. The Morgan fingerprint density at radius 1 is 0.750 bits per heavy atom. The van der Waals surface area contributed by atoms with E-state index >= 15 is 0 Å². The summed E-state index contributed by atoms with van der Waals surface area (Å²) >= 11 is 0. The van der Waals surface area contributed by atoms with Gasteiger partial charge in [0.1, 0.15) is 29.4 Å². The van der Waals surface area contributed by atoms with Crippen LogP contribution in [0.1, 0.15) is 52.2 Å². The molecule has 0 N–H and O–H groups in total. The number of ether oxygens (including phenoxy) is 2. The summed E-state index contributed by atoms with van der Waals surface area (Å²) in [6.07, 6.45) is 2.58. The summed E-state index contributed by atoms with van der Waals surface area (Å²) in [5.74, 6) is -1.50. The van der Waals surface area contributed by atoms with Crippen LogP contribution in [0.3, 0.4) is 0 Å². The van der Waals surface area contributed by atoms with Crippen molar-refractivity contribution in [3.05, 3.63) is 70.8 Å². The van der Waals surface area contributed by atoms with Crippen LogP contribution in [-0.4, -0.2) is 50.8 Å². The summed E-state index contributed by atoms with van der Waals surface area (Å²) in [6.45, 7) is 13.4. The van der Waals surface area contributed by atoms with Gasteiger partial charge in [0.15, 0.2) is 0 Å². The molecule has 0 fully saturated rings. The molecule has 8 nitrogen and oxygen atoms in total. The third-order valence-corrected chi connectivity index (χ3v) is 6.41. The lowest BCUT2D eigenvalue weighted by Crippen LogP contribution is -2.21. The van der Waals surface area contributed by atoms with Gasteiger partial charge in [0, 0.05) is 44.0 Å². The van der Waals surface area contributed by atoms with E-state index in [1.54, 1.807) is 6.92 Å². The molecule has 2 aromatic carbocycles. The fourth-order valence-corrected chi connectivity index (χ4v) is 4.05. The van der Waals surface area contributed by atoms with Crippen LogP contribution in [0.4, 0.5) is 11.4 Å². The van der Waals surface area contributed by atoms with Crippen molar-refractivity contribution in [2.45, 2.75) is 47.1 Å². The van der Waals surface area contributed by atoms with E-state index < -0.39 is 18.0 Å². The number of anilines is 2. The number of hydrogen-bond acceptors (Lipinski definition) is 8. The molecule has 0 radical (unpaired) electrons. The van der Waals surface area contributed by atoms with Crippen LogP contribution >= 0.6 is 0 Å². The zero-order valence-corrected chi connectivity index (χ0v) is 24.0. The van der Waals surface area contributed by atoms with Crippen molar-refractivity contribution in [1.82, 2.24) is 0 Å². The van der Waals surface area contributed by atoms with Crippen molar-refractivity contribution in [2.75, 3.05) is 42.6 Å². The fraction of sp³-hybridized carbons (Fsp3) is 0.375. The van der Waals surface area contributed by atoms with Gasteiger partial charge < -0.3 is 19.3 Å². The molecule has 0 aromatic heterocycles. The van der Waals surface area contributed by atoms with E-state index in [0.717, 1.165) is 37.6 Å². The maximum atomic E-state index is 12.5. The molecule has 0 aliphatic rings. The van der Waals surface area contributed by atoms with Gasteiger partial charge in [0.05, 0.1) is 6.61 Å². The zero-order valence-electron chi connectivity index (χ0n) is 24.0. The van der Waals surface area contributed by atoms with Gasteiger partial charge in [-0.2, -0.15) is 10.5 Å². The van der Waals surface area contributed by atoms with Crippen LogP contribution in [0.25, 0.3) is 12.2 Å². The number of hydrogen-bond donors (Lipinski definition) is 0. The predicted octanol–water partition coefficient (Wildman–Crippen LogP) is 5.76. The third kappa shape index (κ3) is 9.32. The summed E-state index contributed by atoms with van der Waals surface area (Å²) in [5.41, 5.74) is 3.31. The van der Waals surface area contributed by atoms with Crippen LogP contribution in [0.2, 0.25) is 0 Å². The molecule has 0 saturated heterocycles. The monoisotopic (exact) mass is 542 g/mol. The fourth-order valence-electron chi connectivity index (χ4n) is 4.05. The molecule has 0 saturated carbocycles. The molecular weight excluding hydrogens is 504 g/mol. The molecule has 2 rings (SSSR count). The van der Waals surface area contributed by atoms with E-state index in [9.17, 15) is 20.1 Å². The molecule has 0 aliphatic heterocycles. The van der Waals surface area contributed by atoms with Gasteiger partial charge in [-0.3, -0.25) is 0 Å². The van der Waals surface area contributed by atoms with Gasteiger partial charge in [0.2, 0.25) is 0 Å². The number of nitriles is 2. The van der Waals surface area contributed by atoms with E-state index in [0.29, 0.717) is 11.1 Å². The quantitative estimate of drug-likeness (QED) is 0.169. The Morgan fingerprint density at radius 2 is 1.15 bits per heavy atom. The molecule has 0 heterocycles. The van der Waals surface area contributed by atoms with Gasteiger partial charge in [0.25, 0.3) is 0 Å². The second-order valence-electron chi connectivity index (χ2n) is 9.01. The van der Waals surface area contributed by atoms with Crippen molar-refractivity contribution in [3.8, 4) is 12.1 Å². The average Bonchev–Trinajstić information content (AvgIpc) is 2.97. The van der Waals surface area contributed by atoms with Crippen LogP contribution in [-0.2, 0) is 19.1 Å². The molecule has 8 heteroatoms. The maximum absolute atomic E-state index is 12.5. The molecule has 1 atom stereocenters. The molecule has 0 amide bonds. The Labute approximate surface area is 237 Å². The molecule has 0 aliphatic carbocycles. The molecular formula is C32H38N4O4. The van der Waals surface area contributed by atoms with Gasteiger partial charge in [-0.25, -0.2) is 9.59 Å². The van der Waals surface area contributed by atoms with E-state index in [-0.39, 0.29) is 24.2 Å².